The van der Waals surface area contributed by atoms with Crippen molar-refractivity contribution in [1.29, 1.82) is 0 Å². The fourth-order valence-corrected chi connectivity index (χ4v) is 1.41. The molecule has 14 heavy (non-hydrogen) atoms. The van der Waals surface area contributed by atoms with E-state index in [-0.39, 0.29) is 15.7 Å². The summed E-state index contributed by atoms with van der Waals surface area (Å²) in [5.74, 6) is 0. The molecule has 1 rings (SSSR count). The molecule has 0 fully saturated rings. The Balaban J connectivity index is 3.35. The van der Waals surface area contributed by atoms with Gasteiger partial charge in [-0.25, -0.2) is 8.78 Å². The van der Waals surface area contributed by atoms with Crippen LogP contribution in [-0.2, 0) is 0 Å². The van der Waals surface area contributed by atoms with Crippen LogP contribution >= 0.6 is 15.9 Å². The molecular weight excluding hydrogens is 260 g/mol. The van der Waals surface area contributed by atoms with Crippen LogP contribution in [0.4, 0.5) is 14.5 Å². The molecule has 0 aliphatic heterocycles. The van der Waals surface area contributed by atoms with Gasteiger partial charge in [-0.15, -0.1) is 0 Å². The Labute approximate surface area is 87.0 Å². The molecule has 0 atom stereocenters. The van der Waals surface area contributed by atoms with Gasteiger partial charge in [0, 0.05) is 11.6 Å². The van der Waals surface area contributed by atoms with Crippen LogP contribution in [-0.4, -0.2) is 4.92 Å². The summed E-state index contributed by atoms with van der Waals surface area (Å²) in [4.78, 5) is 9.79. The third-order valence-corrected chi connectivity index (χ3v) is 2.74. The number of alkyl halides is 2. The average molecular weight is 266 g/mol. The lowest BCUT2D eigenvalue weighted by molar-refractivity contribution is -0.385. The van der Waals surface area contributed by atoms with E-state index in [0.29, 0.717) is 5.56 Å². The molecule has 6 heteroatoms. The predicted octanol–water partition coefficient (Wildman–Crippen LogP) is 3.60. The fourth-order valence-electron chi connectivity index (χ4n) is 1.04. The highest BCUT2D eigenvalue weighted by Gasteiger charge is 2.19. The number of aryl methyl sites for hydroxylation is 1. The summed E-state index contributed by atoms with van der Waals surface area (Å²) in [6, 6.07) is 2.10. The molecule has 0 bridgehead atoms. The van der Waals surface area contributed by atoms with Gasteiger partial charge in [0.2, 0.25) is 0 Å². The van der Waals surface area contributed by atoms with Gasteiger partial charge in [-0.05, 0) is 34.5 Å². The lowest BCUT2D eigenvalue weighted by Gasteiger charge is -2.04. The number of halogens is 3. The fraction of sp³-hybridized carbons (Fsp3) is 0.250. The number of rotatable bonds is 2. The van der Waals surface area contributed by atoms with E-state index in [9.17, 15) is 18.9 Å². The van der Waals surface area contributed by atoms with Gasteiger partial charge in [-0.1, -0.05) is 0 Å². The van der Waals surface area contributed by atoms with Gasteiger partial charge in [0.25, 0.3) is 12.1 Å². The molecule has 0 unspecified atom stereocenters. The van der Waals surface area contributed by atoms with E-state index in [0.717, 1.165) is 6.07 Å². The highest BCUT2D eigenvalue weighted by atomic mass is 79.9. The van der Waals surface area contributed by atoms with Gasteiger partial charge in [0.1, 0.15) is 0 Å². The van der Waals surface area contributed by atoms with E-state index < -0.39 is 11.3 Å². The number of hydrogen-bond donors (Lipinski definition) is 0. The molecule has 1 aromatic carbocycles. The Bertz CT molecular complexity index is 382. The lowest BCUT2D eigenvalue weighted by atomic mass is 10.1. The highest BCUT2D eigenvalue weighted by molar-refractivity contribution is 9.10. The van der Waals surface area contributed by atoms with Crippen molar-refractivity contribution in [2.75, 3.05) is 0 Å². The van der Waals surface area contributed by atoms with Crippen molar-refractivity contribution < 1.29 is 13.7 Å². The predicted molar refractivity (Wildman–Crippen MR) is 50.5 cm³/mol. The highest BCUT2D eigenvalue weighted by Crippen LogP contribution is 2.32. The van der Waals surface area contributed by atoms with E-state index in [1.165, 1.54) is 13.0 Å². The van der Waals surface area contributed by atoms with Crippen LogP contribution < -0.4 is 0 Å². The van der Waals surface area contributed by atoms with Crippen LogP contribution in [0.1, 0.15) is 17.6 Å². The van der Waals surface area contributed by atoms with Gasteiger partial charge in [0.05, 0.1) is 9.40 Å². The number of nitrogens with zero attached hydrogens (tertiary/aromatic N) is 1. The van der Waals surface area contributed by atoms with Crippen LogP contribution in [0.15, 0.2) is 16.6 Å². The smallest absolute Gasteiger partial charge is 0.258 e. The molecule has 0 radical (unpaired) electrons. The van der Waals surface area contributed by atoms with Crippen LogP contribution in [0, 0.1) is 17.0 Å². The molecule has 0 N–H and O–H groups in total. The van der Waals surface area contributed by atoms with Crippen molar-refractivity contribution in [3.8, 4) is 0 Å². The minimum atomic E-state index is -2.69. The topological polar surface area (TPSA) is 43.1 Å². The van der Waals surface area contributed by atoms with E-state index in [1.54, 1.807) is 0 Å². The molecule has 0 aromatic heterocycles. The molecule has 76 valence electrons. The summed E-state index contributed by atoms with van der Waals surface area (Å²) in [6.45, 7) is 1.53. The van der Waals surface area contributed by atoms with Crippen LogP contribution in [0.2, 0.25) is 0 Å². The summed E-state index contributed by atoms with van der Waals surface area (Å²) in [6.07, 6.45) is -2.69. The molecule has 0 saturated heterocycles. The monoisotopic (exact) mass is 265 g/mol. The van der Waals surface area contributed by atoms with Crippen LogP contribution in [0.5, 0.6) is 0 Å². The SMILES string of the molecule is Cc1cc(C(F)F)cc([N+](=O)[O-])c1Br. The Morgan fingerprint density at radius 2 is 2.07 bits per heavy atom. The van der Waals surface area contributed by atoms with E-state index in [4.69, 9.17) is 0 Å². The van der Waals surface area contributed by atoms with Crippen molar-refractivity contribution in [2.45, 2.75) is 13.3 Å². The average Bonchev–Trinajstić information content (AvgIpc) is 2.08. The second kappa shape index (κ2) is 4.00. The quantitative estimate of drug-likeness (QED) is 0.606. The standard InChI is InChI=1S/C8H6BrF2NO2/c1-4-2-5(8(10)11)3-6(7(4)9)12(13)14/h2-3,8H,1H3. The van der Waals surface area contributed by atoms with E-state index in [2.05, 4.69) is 15.9 Å². The lowest BCUT2D eigenvalue weighted by Crippen LogP contribution is -1.95. The van der Waals surface area contributed by atoms with E-state index >= 15 is 0 Å². The minimum Gasteiger partial charge on any atom is -0.258 e. The summed E-state index contributed by atoms with van der Waals surface area (Å²) in [5.41, 5.74) is -0.243. The van der Waals surface area contributed by atoms with Gasteiger partial charge in [0.15, 0.2) is 0 Å². The molecule has 1 aromatic rings. The van der Waals surface area contributed by atoms with Crippen LogP contribution in [0.3, 0.4) is 0 Å². The van der Waals surface area contributed by atoms with Crippen molar-refractivity contribution >= 4 is 21.6 Å². The van der Waals surface area contributed by atoms with Gasteiger partial charge < -0.3 is 0 Å². The Kier molecular flexibility index (Phi) is 3.15. The number of benzene rings is 1. The Morgan fingerprint density at radius 1 is 1.50 bits per heavy atom. The Hall–Kier alpha value is -1.04. The number of nitro benzene ring substituents is 1. The van der Waals surface area contributed by atoms with Crippen LogP contribution in [0.25, 0.3) is 0 Å². The molecule has 0 amide bonds. The molecule has 0 aliphatic carbocycles. The van der Waals surface area contributed by atoms with Crippen molar-refractivity contribution in [1.82, 2.24) is 0 Å². The molecule has 3 nitrogen and oxygen atoms in total. The first kappa shape index (κ1) is 11.0. The molecular formula is C8H6BrF2NO2. The number of hydrogen-bond acceptors (Lipinski definition) is 2. The zero-order valence-electron chi connectivity index (χ0n) is 7.13. The Morgan fingerprint density at radius 3 is 2.50 bits per heavy atom. The van der Waals surface area contributed by atoms with Gasteiger partial charge in [-0.3, -0.25) is 10.1 Å². The first-order valence-electron chi connectivity index (χ1n) is 3.66. The molecule has 0 aliphatic rings. The zero-order valence-corrected chi connectivity index (χ0v) is 8.72. The first-order valence-corrected chi connectivity index (χ1v) is 4.45. The largest absolute Gasteiger partial charge is 0.284 e. The third-order valence-electron chi connectivity index (χ3n) is 1.71. The molecule has 0 spiro atoms. The second-order valence-electron chi connectivity index (χ2n) is 2.73. The maximum absolute atomic E-state index is 12.3. The third kappa shape index (κ3) is 2.06. The maximum Gasteiger partial charge on any atom is 0.284 e. The maximum atomic E-state index is 12.3. The number of nitro groups is 1. The first-order chi connectivity index (χ1) is 6.43. The second-order valence-corrected chi connectivity index (χ2v) is 3.52. The van der Waals surface area contributed by atoms with Gasteiger partial charge in [-0.2, -0.15) is 0 Å². The zero-order chi connectivity index (χ0) is 10.9. The normalized spacial score (nSPS) is 10.6. The van der Waals surface area contributed by atoms with Crippen molar-refractivity contribution in [3.05, 3.63) is 37.8 Å². The minimum absolute atomic E-state index is 0.243. The molecule has 0 saturated carbocycles. The summed E-state index contributed by atoms with van der Waals surface area (Å²) in [7, 11) is 0. The summed E-state index contributed by atoms with van der Waals surface area (Å²) < 4.78 is 24.8. The summed E-state index contributed by atoms with van der Waals surface area (Å²) >= 11 is 2.98. The van der Waals surface area contributed by atoms with Gasteiger partial charge >= 0.3 is 0 Å². The van der Waals surface area contributed by atoms with E-state index in [1.807, 2.05) is 0 Å². The van der Waals surface area contributed by atoms with Crippen molar-refractivity contribution in [2.24, 2.45) is 0 Å². The summed E-state index contributed by atoms with van der Waals surface area (Å²) in [5, 5.41) is 10.5. The van der Waals surface area contributed by atoms with Crippen molar-refractivity contribution in [3.63, 3.8) is 0 Å². The molecule has 0 heterocycles.